The number of amides is 13. The third-order valence-electron chi connectivity index (χ3n) is 16.5. The van der Waals surface area contributed by atoms with Crippen molar-refractivity contribution in [2.75, 3.05) is 45.1 Å². The second-order valence-electron chi connectivity index (χ2n) is 24.0. The van der Waals surface area contributed by atoms with Crippen molar-refractivity contribution in [3.63, 3.8) is 0 Å². The van der Waals surface area contributed by atoms with Crippen LogP contribution in [-0.2, 0) is 71.9 Å². The Balaban J connectivity index is 2.21. The number of nitrogens with zero attached hydrogens (tertiary/aromatic N) is 2. The van der Waals surface area contributed by atoms with Gasteiger partial charge in [0, 0.05) is 31.2 Å². The fraction of sp³-hybridized carbons (Fsp3) is 0.724. The van der Waals surface area contributed by atoms with E-state index in [-0.39, 0.29) is 75.8 Å². The lowest BCUT2D eigenvalue weighted by molar-refractivity contribution is -0.459. The molecule has 27 N–H and O–H groups in total. The van der Waals surface area contributed by atoms with Gasteiger partial charge in [-0.3, -0.25) is 83.6 Å². The van der Waals surface area contributed by atoms with Crippen LogP contribution in [0.1, 0.15) is 131 Å². The van der Waals surface area contributed by atoms with E-state index >= 15 is 0 Å². The number of aliphatic hydroxyl groups excluding tert-OH is 2. The van der Waals surface area contributed by atoms with Gasteiger partial charge in [-0.1, -0.05) is 34.1 Å². The van der Waals surface area contributed by atoms with Crippen LogP contribution in [0, 0.1) is 11.8 Å². The number of hydrogen-bond donors (Lipinski definition) is 21. The number of quaternary nitrogens is 2. The van der Waals surface area contributed by atoms with Gasteiger partial charge in [0.25, 0.3) is 5.91 Å². The Morgan fingerprint density at radius 1 is 0.583 bits per heavy atom. The number of carboxylic acid groups (broad SMARTS) is 2. The largest absolute Gasteiger partial charge is 0.481 e. The number of rotatable bonds is 43. The number of carbonyl (C=O) groups is 15. The number of thiol groups is 1. The van der Waals surface area contributed by atoms with Gasteiger partial charge in [-0.05, 0) is 90.4 Å². The second-order valence-corrected chi connectivity index (χ2v) is 24.4. The maximum atomic E-state index is 14.3. The number of nitrogens with one attached hydrogen (secondary N) is 11. The minimum atomic E-state index is -1.86. The first kappa shape index (κ1) is 83.6. The number of likely N-dealkylation sites (tertiary alicyclic amines) is 2. The number of hydrogen-bond acceptors (Lipinski definition) is 18. The summed E-state index contributed by atoms with van der Waals surface area (Å²) in [4.78, 5) is 205. The Bertz CT molecular complexity index is 2760. The predicted molar refractivity (Wildman–Crippen MR) is 342 cm³/mol. The van der Waals surface area contributed by atoms with Gasteiger partial charge in [0.05, 0.1) is 38.8 Å². The van der Waals surface area contributed by atoms with Crippen molar-refractivity contribution in [1.82, 2.24) is 63.0 Å². The molecule has 2 aliphatic rings. The highest BCUT2D eigenvalue weighted by Crippen LogP contribution is 2.23. The Morgan fingerprint density at radius 3 is 1.61 bits per heavy atom. The zero-order chi connectivity index (χ0) is 72.7. The minimum absolute atomic E-state index is 0.0274. The fourth-order valence-corrected chi connectivity index (χ4v) is 10.6. The van der Waals surface area contributed by atoms with Gasteiger partial charge in [-0.2, -0.15) is 12.6 Å². The highest BCUT2D eigenvalue weighted by Gasteiger charge is 2.43. The van der Waals surface area contributed by atoms with E-state index < -0.39 is 206 Å². The van der Waals surface area contributed by atoms with Crippen molar-refractivity contribution < 1.29 is 109 Å². The van der Waals surface area contributed by atoms with E-state index in [0.29, 0.717) is 38.6 Å². The van der Waals surface area contributed by atoms with Crippen molar-refractivity contribution in [3.8, 4) is 0 Å². The number of aliphatic hydroxyl groups is 2. The van der Waals surface area contributed by atoms with Crippen LogP contribution in [0.2, 0.25) is 0 Å². The molecular formula is C58H103N18O19S+3. The van der Waals surface area contributed by atoms with Gasteiger partial charge in [0.15, 0.2) is 6.04 Å². The van der Waals surface area contributed by atoms with E-state index in [1.54, 1.807) is 20.8 Å². The summed E-state index contributed by atoms with van der Waals surface area (Å²) in [6, 6.07) is -16.9. The second kappa shape index (κ2) is 42.1. The van der Waals surface area contributed by atoms with Crippen LogP contribution in [-0.4, -0.2) is 249 Å². The van der Waals surface area contributed by atoms with E-state index in [1.807, 2.05) is 6.92 Å². The molecule has 2 aliphatic heterocycles. The van der Waals surface area contributed by atoms with Crippen LogP contribution < -0.4 is 86.8 Å². The molecule has 0 unspecified atom stereocenters. The summed E-state index contributed by atoms with van der Waals surface area (Å²) in [6.07, 6.45) is -0.660. The molecule has 38 heteroatoms. The zero-order valence-corrected chi connectivity index (χ0v) is 56.3. The zero-order valence-electron chi connectivity index (χ0n) is 55.4. The molecule has 0 bridgehead atoms. The van der Waals surface area contributed by atoms with Gasteiger partial charge in [-0.25, -0.2) is 4.79 Å². The maximum absolute atomic E-state index is 14.3. The molecule has 0 aliphatic carbocycles. The summed E-state index contributed by atoms with van der Waals surface area (Å²) < 4.78 is 0. The number of nitrogens with two attached hydrogens (primary N) is 3. The first-order chi connectivity index (χ1) is 45.2. The molecule has 2 saturated heterocycles. The number of primary amides is 1. The van der Waals surface area contributed by atoms with Crippen LogP contribution in [0.25, 0.3) is 0 Å². The molecule has 2 fully saturated rings. The quantitative estimate of drug-likeness (QED) is 0.0117. The van der Waals surface area contributed by atoms with Crippen LogP contribution >= 0.6 is 12.6 Å². The maximum Gasteiger partial charge on any atom is 0.338 e. The van der Waals surface area contributed by atoms with E-state index in [4.69, 9.17) is 17.2 Å². The smallest absolute Gasteiger partial charge is 0.338 e. The van der Waals surface area contributed by atoms with Gasteiger partial charge < -0.3 is 101 Å². The Morgan fingerprint density at radius 2 is 1.09 bits per heavy atom. The Hall–Kier alpha value is -8.49. The molecule has 2 rings (SSSR count). The van der Waals surface area contributed by atoms with Crippen molar-refractivity contribution in [1.29, 1.82) is 0 Å². The van der Waals surface area contributed by atoms with E-state index in [2.05, 4.69) is 82.3 Å². The van der Waals surface area contributed by atoms with E-state index in [0.717, 1.165) is 9.80 Å². The summed E-state index contributed by atoms with van der Waals surface area (Å²) in [5.74, 6) is -15.8. The molecule has 2 heterocycles. The molecule has 0 spiro atoms. The average Bonchev–Trinajstić information content (AvgIpc) is 1.63. The minimum Gasteiger partial charge on any atom is -0.481 e. The third kappa shape index (κ3) is 27.3. The molecule has 13 amide bonds. The molecule has 15 atom stereocenters. The lowest BCUT2D eigenvalue weighted by Crippen LogP contribution is -2.78. The molecule has 37 nitrogen and oxygen atoms in total. The van der Waals surface area contributed by atoms with Crippen LogP contribution in [0.4, 0.5) is 0 Å². The van der Waals surface area contributed by atoms with Gasteiger partial charge in [0.1, 0.15) is 66.5 Å². The lowest BCUT2D eigenvalue weighted by Gasteiger charge is -2.31. The number of carboxylic acids is 2. The highest BCUT2D eigenvalue weighted by atomic mass is 32.1. The van der Waals surface area contributed by atoms with Crippen LogP contribution in [0.5, 0.6) is 0 Å². The van der Waals surface area contributed by atoms with Gasteiger partial charge in [0.2, 0.25) is 70.9 Å². The molecule has 0 aromatic rings. The van der Waals surface area contributed by atoms with Crippen LogP contribution in [0.3, 0.4) is 0 Å². The molecular weight excluding hydrogens is 1280 g/mol. The highest BCUT2D eigenvalue weighted by molar-refractivity contribution is 7.80. The number of aliphatic carboxylic acids is 2. The first-order valence-corrected chi connectivity index (χ1v) is 32.8. The number of guanidine groups is 1. The average molecular weight is 1390 g/mol. The van der Waals surface area contributed by atoms with Crippen molar-refractivity contribution in [2.45, 2.75) is 210 Å². The Kier molecular flexibility index (Phi) is 36.7. The van der Waals surface area contributed by atoms with E-state index in [1.165, 1.54) is 13.8 Å². The fourth-order valence-electron chi connectivity index (χ4n) is 10.3. The van der Waals surface area contributed by atoms with Crippen molar-refractivity contribution >= 4 is 107 Å². The van der Waals surface area contributed by atoms with Crippen molar-refractivity contribution in [3.05, 3.63) is 0 Å². The lowest BCUT2D eigenvalue weighted by atomic mass is 9.98. The predicted octanol–water partition coefficient (Wildman–Crippen LogP) is -11.2. The normalized spacial score (nSPS) is 18.4. The summed E-state index contributed by atoms with van der Waals surface area (Å²) in [5, 5.41) is 64.5. The third-order valence-corrected chi connectivity index (χ3v) is 16.9. The summed E-state index contributed by atoms with van der Waals surface area (Å²) in [5.41, 5.74) is 24.1. The molecule has 0 saturated carbocycles. The first-order valence-electron chi connectivity index (χ1n) is 32.2. The SMILES string of the molecule is CC[C@H](C)[C@H]([NH3+])C(=O)N[C@@H](CC(N)=O)C(=O)N1CCC[C@H]1C(=O)N[C@H](C(=O)NCC(=O)N[C@@H](CS)C(=O)N[C@@H](C)C(=O)N[C@@H](CCC[NH+]=C(N)N)C(=O)N[C@@H](CO)C(=O)N[C@@H](CCC(=O)O)C(=O)N1CCC[C@H]1C(=O)N[C@@H](CCCC[NH3+])C(=O)N[C@H](C(=O)O)[C@@H](C)CC)[C@@H](C)O. The molecule has 0 aromatic heterocycles. The molecule has 0 aromatic carbocycles. The number of carbonyl (C=O) groups excluding carboxylic acids is 13. The van der Waals surface area contributed by atoms with Gasteiger partial charge >= 0.3 is 17.9 Å². The molecule has 0 radical (unpaired) electrons. The van der Waals surface area contributed by atoms with Crippen molar-refractivity contribution in [2.24, 2.45) is 29.0 Å². The van der Waals surface area contributed by atoms with E-state index in [9.17, 15) is 92.3 Å². The topological polar surface area (TPSA) is 611 Å². The number of unbranched alkanes of at least 4 members (excludes halogenated alkanes) is 1. The standard InChI is InChI=1S/C58H100N18O19S/c1-7-28(3)43(61)53(90)71-35(24-40(60)79)56(93)76-23-13-17-39(76)52(89)74-45(31(6)78)54(91)65-25-41(80)67-37(27-96)50(87)66-30(5)46(83)68-33(15-11-21-64-58(62)63)47(84)72-36(26-77)49(86)70-34(18-19-42(81)82)55(92)75-22-12-16-38(75)51(88)69-32(14-9-10-20-59)48(85)73-44(57(94)95)29(4)8-2/h28-39,43-45,77-78,96H,7-27,59,61H2,1-6H3,(H2,60,79)(H,65,91)(H,66,87)(H,67,80)(H,68,83)(H,69,88)(H,70,86)(H,71,90)(H,72,84)(H,73,85)(H,74,89)(H,81,82)(H,94,95)(H4,62,63,64)/p+3/t28-,29-,30-,31+,32-,33-,34-,35-,36-,37-,38-,39-,43-,44-,45-/m0/s1. The summed E-state index contributed by atoms with van der Waals surface area (Å²) >= 11 is 4.14. The molecule has 96 heavy (non-hydrogen) atoms. The Labute approximate surface area is 561 Å². The summed E-state index contributed by atoms with van der Waals surface area (Å²) in [6.45, 7) is 7.99. The van der Waals surface area contributed by atoms with Gasteiger partial charge in [-0.15, -0.1) is 0 Å². The molecule has 542 valence electrons. The monoisotopic (exact) mass is 1390 g/mol. The summed E-state index contributed by atoms with van der Waals surface area (Å²) in [7, 11) is 0. The van der Waals surface area contributed by atoms with Crippen LogP contribution in [0.15, 0.2) is 0 Å².